The van der Waals surface area contributed by atoms with Gasteiger partial charge in [-0.2, -0.15) is 0 Å². The highest BCUT2D eigenvalue weighted by Crippen LogP contribution is 2.25. The van der Waals surface area contributed by atoms with E-state index in [2.05, 4.69) is 16.4 Å². The predicted octanol–water partition coefficient (Wildman–Crippen LogP) is 3.57. The van der Waals surface area contributed by atoms with Crippen LogP contribution in [0.25, 0.3) is 10.9 Å². The summed E-state index contributed by atoms with van der Waals surface area (Å²) in [4.78, 5) is 27.4. The van der Waals surface area contributed by atoms with Crippen LogP contribution in [0, 0.1) is 0 Å². The normalized spacial score (nSPS) is 16.4. The Morgan fingerprint density at radius 3 is 2.85 bits per heavy atom. The van der Waals surface area contributed by atoms with Crippen LogP contribution in [0.15, 0.2) is 42.1 Å². The molecule has 144 valence electrons. The summed E-state index contributed by atoms with van der Waals surface area (Å²) >= 11 is 0. The number of rotatable bonds is 7. The fourth-order valence-electron chi connectivity index (χ4n) is 3.68. The number of nitrogens with two attached hydrogens (primary N) is 1. The lowest BCUT2D eigenvalue weighted by Gasteiger charge is -2.27. The van der Waals surface area contributed by atoms with Crippen molar-refractivity contribution in [1.29, 1.82) is 0 Å². The number of hydrogen-bond donors (Lipinski definition) is 3. The minimum Gasteiger partial charge on any atom is -0.433 e. The third-order valence-corrected chi connectivity index (χ3v) is 5.13. The van der Waals surface area contributed by atoms with Gasteiger partial charge in [-0.05, 0) is 50.7 Å². The zero-order chi connectivity index (χ0) is 19.3. The molecule has 0 aliphatic heterocycles. The number of carbonyl (C=O) groups is 2. The van der Waals surface area contributed by atoms with Crippen LogP contribution in [0.1, 0.15) is 44.6 Å². The molecule has 3 rings (SSSR count). The molecule has 0 bridgehead atoms. The summed E-state index contributed by atoms with van der Waals surface area (Å²) in [6.45, 7) is 2.13. The van der Waals surface area contributed by atoms with Gasteiger partial charge >= 0.3 is 6.09 Å². The SMILES string of the molecule is CC(Cc1c[nH]c2ccccc12)(OC(N)=O)C(=O)NCCC1=CCCCC1. The largest absolute Gasteiger partial charge is 0.433 e. The maximum atomic E-state index is 12.8. The topological polar surface area (TPSA) is 97.2 Å². The van der Waals surface area contributed by atoms with Crippen molar-refractivity contribution < 1.29 is 14.3 Å². The first-order valence-electron chi connectivity index (χ1n) is 9.47. The monoisotopic (exact) mass is 369 g/mol. The molecule has 0 saturated heterocycles. The quantitative estimate of drug-likeness (QED) is 0.651. The molecule has 27 heavy (non-hydrogen) atoms. The number of ether oxygens (including phenoxy) is 1. The Morgan fingerprint density at radius 2 is 2.11 bits per heavy atom. The first kappa shape index (κ1) is 19.0. The molecular formula is C21H27N3O3. The van der Waals surface area contributed by atoms with E-state index in [1.54, 1.807) is 6.92 Å². The Labute approximate surface area is 159 Å². The van der Waals surface area contributed by atoms with E-state index in [1.807, 2.05) is 30.5 Å². The van der Waals surface area contributed by atoms with E-state index in [4.69, 9.17) is 10.5 Å². The van der Waals surface area contributed by atoms with Gasteiger partial charge < -0.3 is 20.8 Å². The van der Waals surface area contributed by atoms with Gasteiger partial charge in [-0.3, -0.25) is 4.79 Å². The van der Waals surface area contributed by atoms with Crippen molar-refractivity contribution in [3.63, 3.8) is 0 Å². The van der Waals surface area contributed by atoms with Gasteiger partial charge in [0, 0.05) is 30.1 Å². The van der Waals surface area contributed by atoms with Gasteiger partial charge in [0.2, 0.25) is 0 Å². The molecule has 0 saturated carbocycles. The Kier molecular flexibility index (Phi) is 5.84. The third kappa shape index (κ3) is 4.70. The first-order chi connectivity index (χ1) is 13.0. The molecule has 6 heteroatoms. The maximum Gasteiger partial charge on any atom is 0.405 e. The van der Waals surface area contributed by atoms with Gasteiger partial charge in [0.25, 0.3) is 5.91 Å². The average molecular weight is 369 g/mol. The van der Waals surface area contributed by atoms with E-state index in [0.29, 0.717) is 6.54 Å². The molecular weight excluding hydrogens is 342 g/mol. The fourth-order valence-corrected chi connectivity index (χ4v) is 3.68. The summed E-state index contributed by atoms with van der Waals surface area (Å²) in [6, 6.07) is 7.81. The van der Waals surface area contributed by atoms with E-state index in [9.17, 15) is 9.59 Å². The van der Waals surface area contributed by atoms with Crippen molar-refractivity contribution in [2.75, 3.05) is 6.54 Å². The van der Waals surface area contributed by atoms with Crippen molar-refractivity contribution in [3.8, 4) is 0 Å². The molecule has 0 spiro atoms. The van der Waals surface area contributed by atoms with Crippen LogP contribution in [0.4, 0.5) is 4.79 Å². The molecule has 0 radical (unpaired) electrons. The molecule has 1 aromatic carbocycles. The van der Waals surface area contributed by atoms with Gasteiger partial charge in [0.1, 0.15) is 0 Å². The Morgan fingerprint density at radius 1 is 1.30 bits per heavy atom. The Bertz CT molecular complexity index is 855. The number of H-pyrrole nitrogens is 1. The van der Waals surface area contributed by atoms with Crippen LogP contribution < -0.4 is 11.1 Å². The standard InChI is InChI=1S/C21H27N3O3/c1-21(27-20(22)26,13-16-14-24-18-10-6-5-9-17(16)18)19(25)23-12-11-15-7-3-2-4-8-15/h5-7,9-10,14,24H,2-4,8,11-13H2,1H3,(H2,22,26)(H,23,25). The number of para-hydroxylation sites is 1. The molecule has 1 aliphatic rings. The highest BCUT2D eigenvalue weighted by Gasteiger charge is 2.37. The van der Waals surface area contributed by atoms with E-state index in [0.717, 1.165) is 35.7 Å². The molecule has 1 heterocycles. The minimum atomic E-state index is -1.36. The summed E-state index contributed by atoms with van der Waals surface area (Å²) in [6.07, 6.45) is 8.89. The molecule has 1 aromatic heterocycles. The summed E-state index contributed by atoms with van der Waals surface area (Å²) in [5, 5.41) is 3.91. The molecule has 1 aliphatic carbocycles. The lowest BCUT2D eigenvalue weighted by Crippen LogP contribution is -2.50. The first-order valence-corrected chi connectivity index (χ1v) is 9.47. The number of benzene rings is 1. The highest BCUT2D eigenvalue weighted by atomic mass is 16.6. The zero-order valence-corrected chi connectivity index (χ0v) is 15.7. The highest BCUT2D eigenvalue weighted by molar-refractivity contribution is 5.89. The number of aromatic nitrogens is 1. The van der Waals surface area contributed by atoms with Crippen molar-refractivity contribution in [3.05, 3.63) is 47.7 Å². The zero-order valence-electron chi connectivity index (χ0n) is 15.7. The Hall–Kier alpha value is -2.76. The fraction of sp³-hybridized carbons (Fsp3) is 0.429. The molecule has 1 unspecified atom stereocenters. The second-order valence-corrected chi connectivity index (χ2v) is 7.30. The van der Waals surface area contributed by atoms with Crippen LogP contribution in [-0.4, -0.2) is 29.1 Å². The van der Waals surface area contributed by atoms with Gasteiger partial charge in [0.05, 0.1) is 0 Å². The number of aromatic amines is 1. The number of carbonyl (C=O) groups excluding carboxylic acids is 2. The van der Waals surface area contributed by atoms with Crippen LogP contribution in [0.3, 0.4) is 0 Å². The Balaban J connectivity index is 1.70. The summed E-state index contributed by atoms with van der Waals surface area (Å²) in [5.41, 5.74) is 7.14. The molecule has 1 atom stereocenters. The number of nitrogens with one attached hydrogen (secondary N) is 2. The number of allylic oxidation sites excluding steroid dienone is 1. The summed E-state index contributed by atoms with van der Waals surface area (Å²) < 4.78 is 5.26. The second kappa shape index (κ2) is 8.29. The second-order valence-electron chi connectivity index (χ2n) is 7.30. The minimum absolute atomic E-state index is 0.245. The van der Waals surface area contributed by atoms with E-state index in [-0.39, 0.29) is 12.3 Å². The number of hydrogen-bond acceptors (Lipinski definition) is 3. The van der Waals surface area contributed by atoms with Gasteiger partial charge in [-0.15, -0.1) is 0 Å². The van der Waals surface area contributed by atoms with Crippen molar-refractivity contribution in [1.82, 2.24) is 10.3 Å². The third-order valence-electron chi connectivity index (χ3n) is 5.13. The molecule has 0 fully saturated rings. The van der Waals surface area contributed by atoms with Gasteiger partial charge in [-0.25, -0.2) is 4.79 Å². The smallest absolute Gasteiger partial charge is 0.405 e. The molecule has 2 amide bonds. The van der Waals surface area contributed by atoms with E-state index >= 15 is 0 Å². The van der Waals surface area contributed by atoms with E-state index in [1.165, 1.54) is 18.4 Å². The van der Waals surface area contributed by atoms with Crippen LogP contribution in [0.2, 0.25) is 0 Å². The van der Waals surface area contributed by atoms with Crippen molar-refractivity contribution in [2.24, 2.45) is 5.73 Å². The predicted molar refractivity (Wildman–Crippen MR) is 105 cm³/mol. The molecule has 2 aromatic rings. The van der Waals surface area contributed by atoms with Crippen molar-refractivity contribution >= 4 is 22.9 Å². The molecule has 6 nitrogen and oxygen atoms in total. The van der Waals surface area contributed by atoms with Gasteiger partial charge in [-0.1, -0.05) is 29.8 Å². The van der Waals surface area contributed by atoms with E-state index < -0.39 is 11.7 Å². The molecule has 4 N–H and O–H groups in total. The van der Waals surface area contributed by atoms with Crippen LogP contribution >= 0.6 is 0 Å². The average Bonchev–Trinajstić information content (AvgIpc) is 3.04. The van der Waals surface area contributed by atoms with Crippen LogP contribution in [-0.2, 0) is 16.0 Å². The number of primary amides is 1. The van der Waals surface area contributed by atoms with Crippen molar-refractivity contribution in [2.45, 2.75) is 51.0 Å². The summed E-state index contributed by atoms with van der Waals surface area (Å²) in [7, 11) is 0. The van der Waals surface area contributed by atoms with Gasteiger partial charge in [0.15, 0.2) is 5.60 Å². The lowest BCUT2D eigenvalue weighted by molar-refractivity contribution is -0.138. The van der Waals surface area contributed by atoms with Crippen LogP contribution in [0.5, 0.6) is 0 Å². The number of fused-ring (bicyclic) bond motifs is 1. The summed E-state index contributed by atoms with van der Waals surface area (Å²) in [5.74, 6) is -0.331. The lowest BCUT2D eigenvalue weighted by atomic mass is 9.94. The maximum absolute atomic E-state index is 12.8. The number of amides is 2.